The minimum atomic E-state index is -2.56. The van der Waals surface area contributed by atoms with Crippen LogP contribution in [0.15, 0.2) is 24.3 Å². The molecule has 0 radical (unpaired) electrons. The monoisotopic (exact) mass is 261 g/mol. The fraction of sp³-hybridized carbons (Fsp3) is 0.417. The minimum absolute atomic E-state index is 0.0398. The van der Waals surface area contributed by atoms with Gasteiger partial charge < -0.3 is 5.32 Å². The third-order valence-corrected chi connectivity index (χ3v) is 2.57. The summed E-state index contributed by atoms with van der Waals surface area (Å²) in [5.74, 6) is -0.381. The minimum Gasteiger partial charge on any atom is -0.352 e. The number of rotatable bonds is 4. The molecule has 0 aliphatic heterocycles. The molecule has 1 rings (SSSR count). The molecule has 0 saturated heterocycles. The Labute approximate surface area is 104 Å². The highest BCUT2D eigenvalue weighted by Crippen LogP contribution is 2.26. The Hall–Kier alpha value is -1.16. The molecule has 0 aliphatic carbocycles. The Bertz CT molecular complexity index is 396. The van der Waals surface area contributed by atoms with E-state index in [-0.39, 0.29) is 17.5 Å². The van der Waals surface area contributed by atoms with Crippen LogP contribution in [-0.2, 0) is 4.79 Å². The van der Waals surface area contributed by atoms with Crippen molar-refractivity contribution in [2.75, 3.05) is 0 Å². The molecule has 5 heteroatoms. The van der Waals surface area contributed by atoms with Gasteiger partial charge in [0.05, 0.1) is 0 Å². The number of carbonyl (C=O) groups is 1. The van der Waals surface area contributed by atoms with Gasteiger partial charge in [-0.25, -0.2) is 8.78 Å². The quantitative estimate of drug-likeness (QED) is 0.827. The number of carbonyl (C=O) groups excluding carboxylic acids is 1. The first-order valence-corrected chi connectivity index (χ1v) is 5.68. The molecule has 0 aromatic heterocycles. The van der Waals surface area contributed by atoms with Crippen molar-refractivity contribution in [1.82, 2.24) is 5.32 Å². The molecule has 2 nitrogen and oxygen atoms in total. The van der Waals surface area contributed by atoms with Crippen LogP contribution in [0.1, 0.15) is 36.8 Å². The van der Waals surface area contributed by atoms with Crippen molar-refractivity contribution < 1.29 is 13.6 Å². The molecule has 0 aliphatic rings. The van der Waals surface area contributed by atoms with E-state index in [0.717, 1.165) is 0 Å². The molecule has 17 heavy (non-hydrogen) atoms. The molecular weight excluding hydrogens is 248 g/mol. The van der Waals surface area contributed by atoms with E-state index in [1.54, 1.807) is 19.9 Å². The Morgan fingerprint density at radius 2 is 1.88 bits per heavy atom. The SMILES string of the molecule is CC(C)NC(=O)C(Cl)c1cccc(C(F)F)c1. The van der Waals surface area contributed by atoms with Crippen LogP contribution in [0.25, 0.3) is 0 Å². The van der Waals surface area contributed by atoms with Crippen LogP contribution >= 0.6 is 11.6 Å². The third kappa shape index (κ3) is 3.97. The van der Waals surface area contributed by atoms with Crippen LogP contribution in [0.3, 0.4) is 0 Å². The number of halogens is 3. The molecule has 0 fully saturated rings. The van der Waals surface area contributed by atoms with Crippen LogP contribution in [0, 0.1) is 0 Å². The Balaban J connectivity index is 2.85. The zero-order valence-corrected chi connectivity index (χ0v) is 10.3. The maximum Gasteiger partial charge on any atom is 0.263 e. The third-order valence-electron chi connectivity index (χ3n) is 2.12. The highest BCUT2D eigenvalue weighted by molar-refractivity contribution is 6.30. The van der Waals surface area contributed by atoms with Crippen molar-refractivity contribution in [2.45, 2.75) is 31.7 Å². The average Bonchev–Trinajstić information content (AvgIpc) is 2.27. The molecule has 94 valence electrons. The van der Waals surface area contributed by atoms with Crippen molar-refractivity contribution in [1.29, 1.82) is 0 Å². The second-order valence-electron chi connectivity index (χ2n) is 4.00. The Morgan fingerprint density at radius 3 is 2.41 bits per heavy atom. The molecule has 1 aromatic carbocycles. The predicted octanol–water partition coefficient (Wildman–Crippen LogP) is 3.43. The van der Waals surface area contributed by atoms with Crippen molar-refractivity contribution in [3.63, 3.8) is 0 Å². The van der Waals surface area contributed by atoms with E-state index in [4.69, 9.17) is 11.6 Å². The van der Waals surface area contributed by atoms with Gasteiger partial charge in [-0.1, -0.05) is 18.2 Å². The number of nitrogens with one attached hydrogen (secondary N) is 1. The van der Waals surface area contributed by atoms with Crippen LogP contribution in [0.2, 0.25) is 0 Å². The maximum absolute atomic E-state index is 12.5. The summed E-state index contributed by atoms with van der Waals surface area (Å²) in [6.07, 6.45) is -2.56. The summed E-state index contributed by atoms with van der Waals surface area (Å²) in [6.45, 7) is 3.61. The second kappa shape index (κ2) is 5.96. The maximum atomic E-state index is 12.5. The van der Waals surface area contributed by atoms with E-state index in [1.807, 2.05) is 0 Å². The van der Waals surface area contributed by atoms with E-state index >= 15 is 0 Å². The summed E-state index contributed by atoms with van der Waals surface area (Å²) in [4.78, 5) is 11.6. The summed E-state index contributed by atoms with van der Waals surface area (Å²) >= 11 is 5.92. The molecule has 1 unspecified atom stereocenters. The zero-order chi connectivity index (χ0) is 13.0. The summed E-state index contributed by atoms with van der Waals surface area (Å²) < 4.78 is 25.0. The topological polar surface area (TPSA) is 29.1 Å². The van der Waals surface area contributed by atoms with E-state index in [9.17, 15) is 13.6 Å². The molecule has 1 amide bonds. The van der Waals surface area contributed by atoms with E-state index in [2.05, 4.69) is 5.32 Å². The lowest BCUT2D eigenvalue weighted by molar-refractivity contribution is -0.121. The smallest absolute Gasteiger partial charge is 0.263 e. The molecule has 0 heterocycles. The van der Waals surface area contributed by atoms with Gasteiger partial charge in [0.2, 0.25) is 5.91 Å². The summed E-state index contributed by atoms with van der Waals surface area (Å²) in [5.41, 5.74) is 0.244. The van der Waals surface area contributed by atoms with Gasteiger partial charge in [-0.2, -0.15) is 0 Å². The standard InChI is InChI=1S/C12H14ClF2NO/c1-7(2)16-12(17)10(13)8-4-3-5-9(6-8)11(14)15/h3-7,10-11H,1-2H3,(H,16,17). The largest absolute Gasteiger partial charge is 0.352 e. The van der Waals surface area contributed by atoms with Gasteiger partial charge in [-0.05, 0) is 25.5 Å². The van der Waals surface area contributed by atoms with Crippen LogP contribution in [0.5, 0.6) is 0 Å². The highest BCUT2D eigenvalue weighted by Gasteiger charge is 2.19. The first kappa shape index (κ1) is 13.9. The molecule has 1 N–H and O–H groups in total. The normalized spacial score (nSPS) is 12.9. The second-order valence-corrected chi connectivity index (χ2v) is 4.43. The van der Waals surface area contributed by atoms with Crippen molar-refractivity contribution in [2.24, 2.45) is 0 Å². The first-order chi connectivity index (χ1) is 7.91. The van der Waals surface area contributed by atoms with Gasteiger partial charge in [0, 0.05) is 11.6 Å². The van der Waals surface area contributed by atoms with Crippen LogP contribution in [0.4, 0.5) is 8.78 Å². The van der Waals surface area contributed by atoms with Gasteiger partial charge in [0.1, 0.15) is 5.38 Å². The van der Waals surface area contributed by atoms with Crippen LogP contribution < -0.4 is 5.32 Å². The average molecular weight is 262 g/mol. The van der Waals surface area contributed by atoms with Gasteiger partial charge in [0.15, 0.2) is 0 Å². The van der Waals surface area contributed by atoms with Gasteiger partial charge in [-0.15, -0.1) is 11.6 Å². The Kier molecular flexibility index (Phi) is 4.87. The van der Waals surface area contributed by atoms with Gasteiger partial charge in [0.25, 0.3) is 6.43 Å². The number of benzene rings is 1. The molecule has 0 bridgehead atoms. The molecule has 0 spiro atoms. The van der Waals surface area contributed by atoms with Crippen molar-refractivity contribution in [3.05, 3.63) is 35.4 Å². The number of hydrogen-bond acceptors (Lipinski definition) is 1. The molecule has 0 saturated carbocycles. The van der Waals surface area contributed by atoms with E-state index in [0.29, 0.717) is 5.56 Å². The number of amides is 1. The fourth-order valence-electron chi connectivity index (χ4n) is 1.36. The van der Waals surface area contributed by atoms with Crippen LogP contribution in [-0.4, -0.2) is 11.9 Å². The lowest BCUT2D eigenvalue weighted by Gasteiger charge is -2.14. The number of hydrogen-bond donors (Lipinski definition) is 1. The van der Waals surface area contributed by atoms with Gasteiger partial charge in [-0.3, -0.25) is 4.79 Å². The Morgan fingerprint density at radius 1 is 1.29 bits per heavy atom. The predicted molar refractivity (Wildman–Crippen MR) is 63.3 cm³/mol. The van der Waals surface area contributed by atoms with Crippen molar-refractivity contribution in [3.8, 4) is 0 Å². The van der Waals surface area contributed by atoms with Gasteiger partial charge >= 0.3 is 0 Å². The molecular formula is C12H14ClF2NO. The number of alkyl halides is 3. The first-order valence-electron chi connectivity index (χ1n) is 5.24. The summed E-state index contributed by atoms with van der Waals surface area (Å²) in [6, 6.07) is 5.54. The fourth-order valence-corrected chi connectivity index (χ4v) is 1.56. The van der Waals surface area contributed by atoms with E-state index in [1.165, 1.54) is 18.2 Å². The lowest BCUT2D eigenvalue weighted by atomic mass is 10.1. The summed E-state index contributed by atoms with van der Waals surface area (Å²) in [7, 11) is 0. The highest BCUT2D eigenvalue weighted by atomic mass is 35.5. The lowest BCUT2D eigenvalue weighted by Crippen LogP contribution is -2.32. The molecule has 1 atom stereocenters. The van der Waals surface area contributed by atoms with E-state index < -0.39 is 11.8 Å². The molecule has 1 aromatic rings. The zero-order valence-electron chi connectivity index (χ0n) is 9.58. The van der Waals surface area contributed by atoms with Crippen molar-refractivity contribution >= 4 is 17.5 Å². The summed E-state index contributed by atoms with van der Waals surface area (Å²) in [5, 5.41) is 1.68.